The van der Waals surface area contributed by atoms with E-state index in [4.69, 9.17) is 4.74 Å². The zero-order valence-electron chi connectivity index (χ0n) is 27.1. The highest BCUT2D eigenvalue weighted by molar-refractivity contribution is 8.00. The van der Waals surface area contributed by atoms with Gasteiger partial charge in [-0.2, -0.15) is 0 Å². The number of ether oxygens (including phenoxy) is 1. The number of rotatable bonds is 11. The molecule has 0 spiro atoms. The van der Waals surface area contributed by atoms with E-state index < -0.39 is 17.8 Å². The first-order valence-corrected chi connectivity index (χ1v) is 17.9. The molecule has 1 aliphatic carbocycles. The molecule has 1 heterocycles. The van der Waals surface area contributed by atoms with E-state index in [-0.39, 0.29) is 24.0 Å². The summed E-state index contributed by atoms with van der Waals surface area (Å²) in [7, 11) is 0. The number of thiophene rings is 1. The Morgan fingerprint density at radius 2 is 1.65 bits per heavy atom. The first kappa shape index (κ1) is 34.7. The Balaban J connectivity index is 1.27. The van der Waals surface area contributed by atoms with Crippen molar-refractivity contribution in [1.82, 2.24) is 5.32 Å². The second-order valence-electron chi connectivity index (χ2n) is 11.5. The number of anilines is 2. The van der Waals surface area contributed by atoms with Gasteiger partial charge in [0, 0.05) is 21.0 Å². The molecule has 0 bridgehead atoms. The zero-order chi connectivity index (χ0) is 33.9. The summed E-state index contributed by atoms with van der Waals surface area (Å²) in [6.07, 6.45) is 7.71. The molecule has 3 amide bonds. The molecule has 8 nitrogen and oxygen atoms in total. The van der Waals surface area contributed by atoms with Gasteiger partial charge in [0.2, 0.25) is 5.91 Å². The van der Waals surface area contributed by atoms with Crippen LogP contribution in [0.15, 0.2) is 89.5 Å². The van der Waals surface area contributed by atoms with Crippen LogP contribution in [0.3, 0.4) is 0 Å². The van der Waals surface area contributed by atoms with Crippen LogP contribution in [0.4, 0.5) is 10.7 Å². The summed E-state index contributed by atoms with van der Waals surface area (Å²) in [6.45, 7) is 4.00. The smallest absolute Gasteiger partial charge is 0.341 e. The van der Waals surface area contributed by atoms with Crippen LogP contribution >= 0.6 is 23.1 Å². The lowest BCUT2D eigenvalue weighted by molar-refractivity contribution is -0.114. The standard InChI is InChI=1S/C38H39N3O5S2/c1-3-46-38(45)34-30-19-9-4-5-10-20-32(30)48-37(34)41-33(42)24-47-29-18-12-17-28(23-29)39-36(44)31(22-26-14-11-13-25(2)21-26)40-35(43)27-15-7-6-8-16-27/h6-8,11-18,21-23H,3-5,9-10,19-20,24H2,1-2H3,(H,39,44)(H,40,43)(H,41,42)/b31-22+. The highest BCUT2D eigenvalue weighted by atomic mass is 32.2. The monoisotopic (exact) mass is 681 g/mol. The highest BCUT2D eigenvalue weighted by Crippen LogP contribution is 2.38. The molecule has 0 radical (unpaired) electrons. The topological polar surface area (TPSA) is 114 Å². The normalized spacial score (nSPS) is 13.0. The Bertz CT molecular complexity index is 1820. The van der Waals surface area contributed by atoms with E-state index in [1.165, 1.54) is 23.1 Å². The minimum absolute atomic E-state index is 0.0920. The third-order valence-corrected chi connectivity index (χ3v) is 9.95. The Kier molecular flexibility index (Phi) is 12.2. The predicted octanol–water partition coefficient (Wildman–Crippen LogP) is 8.03. The summed E-state index contributed by atoms with van der Waals surface area (Å²) < 4.78 is 5.37. The molecular formula is C38H39N3O5S2. The third-order valence-electron chi connectivity index (χ3n) is 7.75. The quantitative estimate of drug-likeness (QED) is 0.0839. The first-order chi connectivity index (χ1) is 23.3. The van der Waals surface area contributed by atoms with E-state index in [1.54, 1.807) is 55.5 Å². The minimum Gasteiger partial charge on any atom is -0.462 e. The molecule has 0 saturated heterocycles. The maximum Gasteiger partial charge on any atom is 0.341 e. The summed E-state index contributed by atoms with van der Waals surface area (Å²) in [5.41, 5.74) is 4.34. The Labute approximate surface area is 289 Å². The number of fused-ring (bicyclic) bond motifs is 1. The molecule has 3 aromatic carbocycles. The van der Waals surface area contributed by atoms with E-state index >= 15 is 0 Å². The average molecular weight is 682 g/mol. The van der Waals surface area contributed by atoms with Crippen molar-refractivity contribution in [2.75, 3.05) is 23.0 Å². The van der Waals surface area contributed by atoms with E-state index in [9.17, 15) is 19.2 Å². The number of amides is 3. The number of aryl methyl sites for hydroxylation is 2. The van der Waals surface area contributed by atoms with Crippen LogP contribution in [0.1, 0.15) is 74.9 Å². The zero-order valence-corrected chi connectivity index (χ0v) is 28.7. The van der Waals surface area contributed by atoms with Gasteiger partial charge in [-0.05, 0) is 87.1 Å². The molecule has 0 atom stereocenters. The van der Waals surface area contributed by atoms with Crippen molar-refractivity contribution < 1.29 is 23.9 Å². The summed E-state index contributed by atoms with van der Waals surface area (Å²) in [6, 6.07) is 23.5. The van der Waals surface area contributed by atoms with Gasteiger partial charge in [-0.1, -0.05) is 66.9 Å². The van der Waals surface area contributed by atoms with Gasteiger partial charge < -0.3 is 20.7 Å². The van der Waals surface area contributed by atoms with Crippen LogP contribution in [-0.4, -0.2) is 36.1 Å². The molecule has 10 heteroatoms. The molecule has 0 aliphatic heterocycles. The fourth-order valence-electron chi connectivity index (χ4n) is 5.47. The number of benzene rings is 3. The molecule has 48 heavy (non-hydrogen) atoms. The number of esters is 1. The third kappa shape index (κ3) is 9.45. The fourth-order valence-corrected chi connectivity index (χ4v) is 7.52. The Morgan fingerprint density at radius 3 is 2.42 bits per heavy atom. The molecular weight excluding hydrogens is 643 g/mol. The van der Waals surface area contributed by atoms with Crippen molar-refractivity contribution in [2.24, 2.45) is 0 Å². The number of carbonyl (C=O) groups is 4. The van der Waals surface area contributed by atoms with E-state index in [0.29, 0.717) is 21.8 Å². The van der Waals surface area contributed by atoms with Gasteiger partial charge in [0.25, 0.3) is 11.8 Å². The summed E-state index contributed by atoms with van der Waals surface area (Å²) >= 11 is 2.80. The van der Waals surface area contributed by atoms with Crippen LogP contribution in [0.25, 0.3) is 6.08 Å². The molecule has 4 aromatic rings. The molecule has 5 rings (SSSR count). The number of nitrogens with one attached hydrogen (secondary N) is 3. The van der Waals surface area contributed by atoms with Crippen LogP contribution in [0.2, 0.25) is 0 Å². The predicted molar refractivity (Wildman–Crippen MR) is 194 cm³/mol. The number of thioether (sulfide) groups is 1. The summed E-state index contributed by atoms with van der Waals surface area (Å²) in [5, 5.41) is 9.18. The fraction of sp³-hybridized carbons (Fsp3) is 0.263. The van der Waals surface area contributed by atoms with Crippen molar-refractivity contribution >= 4 is 63.6 Å². The van der Waals surface area contributed by atoms with Crippen molar-refractivity contribution in [2.45, 2.75) is 57.3 Å². The number of hydrogen-bond donors (Lipinski definition) is 3. The highest BCUT2D eigenvalue weighted by Gasteiger charge is 2.26. The van der Waals surface area contributed by atoms with Gasteiger partial charge in [-0.15, -0.1) is 23.1 Å². The van der Waals surface area contributed by atoms with Crippen LogP contribution < -0.4 is 16.0 Å². The van der Waals surface area contributed by atoms with Crippen molar-refractivity contribution in [3.8, 4) is 0 Å². The van der Waals surface area contributed by atoms with Gasteiger partial charge in [-0.3, -0.25) is 14.4 Å². The van der Waals surface area contributed by atoms with Gasteiger partial charge in [0.05, 0.1) is 17.9 Å². The first-order valence-electron chi connectivity index (χ1n) is 16.1. The van der Waals surface area contributed by atoms with Crippen molar-refractivity contribution in [3.63, 3.8) is 0 Å². The van der Waals surface area contributed by atoms with Crippen LogP contribution in [0.5, 0.6) is 0 Å². The number of hydrogen-bond acceptors (Lipinski definition) is 7. The van der Waals surface area contributed by atoms with Crippen LogP contribution in [0, 0.1) is 6.92 Å². The summed E-state index contributed by atoms with van der Waals surface area (Å²) in [5.74, 6) is -1.41. The molecule has 248 valence electrons. The van der Waals surface area contributed by atoms with E-state index in [0.717, 1.165) is 65.0 Å². The van der Waals surface area contributed by atoms with E-state index in [1.807, 2.05) is 43.3 Å². The summed E-state index contributed by atoms with van der Waals surface area (Å²) in [4.78, 5) is 54.5. The van der Waals surface area contributed by atoms with E-state index in [2.05, 4.69) is 16.0 Å². The average Bonchev–Trinajstić information content (AvgIpc) is 3.39. The van der Waals surface area contributed by atoms with Crippen LogP contribution in [-0.2, 0) is 27.2 Å². The van der Waals surface area contributed by atoms with Gasteiger partial charge in [0.15, 0.2) is 0 Å². The molecule has 3 N–H and O–H groups in total. The van der Waals surface area contributed by atoms with Crippen molar-refractivity contribution in [3.05, 3.63) is 117 Å². The van der Waals surface area contributed by atoms with Gasteiger partial charge in [0.1, 0.15) is 10.7 Å². The SMILES string of the molecule is CCOC(=O)c1c(NC(=O)CSc2cccc(NC(=O)/C(=C\c3cccc(C)c3)NC(=O)c3ccccc3)c2)sc2c1CCCCCC2. The maximum absolute atomic E-state index is 13.5. The van der Waals surface area contributed by atoms with Gasteiger partial charge in [-0.25, -0.2) is 4.79 Å². The van der Waals surface area contributed by atoms with Gasteiger partial charge >= 0.3 is 5.97 Å². The molecule has 0 fully saturated rings. The minimum atomic E-state index is -0.486. The maximum atomic E-state index is 13.5. The second-order valence-corrected chi connectivity index (χ2v) is 13.6. The Hall–Kier alpha value is -4.67. The second kappa shape index (κ2) is 16.9. The largest absolute Gasteiger partial charge is 0.462 e. The number of carbonyl (C=O) groups excluding carboxylic acids is 4. The molecule has 1 aliphatic rings. The lowest BCUT2D eigenvalue weighted by Gasteiger charge is -2.12. The molecule has 0 unspecified atom stereocenters. The van der Waals surface area contributed by atoms with Crippen molar-refractivity contribution in [1.29, 1.82) is 0 Å². The Morgan fingerprint density at radius 1 is 0.875 bits per heavy atom. The lowest BCUT2D eigenvalue weighted by atomic mass is 9.96. The molecule has 0 saturated carbocycles. The molecule has 1 aromatic heterocycles. The lowest BCUT2D eigenvalue weighted by Crippen LogP contribution is -2.30.